The molecule has 0 aliphatic carbocycles. The molecule has 2 unspecified atom stereocenters. The van der Waals surface area contributed by atoms with E-state index in [0.717, 1.165) is 22.4 Å². The number of hydrogen-bond donors (Lipinski definition) is 1. The molecule has 6 nitrogen and oxygen atoms in total. The second-order valence-corrected chi connectivity index (χ2v) is 10.5. The lowest BCUT2D eigenvalue weighted by molar-refractivity contribution is -0.134. The minimum Gasteiger partial charge on any atom is -0.497 e. The standard InChI is InChI=1S/C26H28N2O4S/c1-19-11-13-21(14-12-19)25(27-22-9-6-10-23(17-22)32-2)26(29)28-15-16-33(30,31)18-24(28)20-7-4-3-5-8-20/h3-14,17,24-25,27H,15-16,18H2,1-2H3. The van der Waals surface area contributed by atoms with Crippen LogP contribution in [0.2, 0.25) is 0 Å². The number of anilines is 1. The molecule has 3 aromatic carbocycles. The third-order valence-electron chi connectivity index (χ3n) is 5.94. The van der Waals surface area contributed by atoms with Crippen molar-refractivity contribution in [2.75, 3.05) is 30.5 Å². The minimum absolute atomic E-state index is 0.0398. The van der Waals surface area contributed by atoms with Crippen LogP contribution in [0.3, 0.4) is 0 Å². The summed E-state index contributed by atoms with van der Waals surface area (Å²) in [4.78, 5) is 15.7. The van der Waals surface area contributed by atoms with Gasteiger partial charge in [-0.3, -0.25) is 4.79 Å². The predicted molar refractivity (Wildman–Crippen MR) is 130 cm³/mol. The van der Waals surface area contributed by atoms with Crippen molar-refractivity contribution < 1.29 is 17.9 Å². The topological polar surface area (TPSA) is 75.7 Å². The molecule has 7 heteroatoms. The molecule has 1 N–H and O–H groups in total. The second-order valence-electron chi connectivity index (χ2n) is 8.29. The van der Waals surface area contributed by atoms with E-state index in [9.17, 15) is 13.2 Å². The molecular formula is C26H28N2O4S. The normalized spacial score (nSPS) is 18.4. The van der Waals surface area contributed by atoms with Gasteiger partial charge in [0.25, 0.3) is 0 Å². The summed E-state index contributed by atoms with van der Waals surface area (Å²) in [5.74, 6) is 0.399. The number of nitrogens with zero attached hydrogens (tertiary/aromatic N) is 1. The van der Waals surface area contributed by atoms with E-state index < -0.39 is 21.9 Å². The summed E-state index contributed by atoms with van der Waals surface area (Å²) in [5.41, 5.74) is 3.47. The number of hydrogen-bond acceptors (Lipinski definition) is 5. The number of benzene rings is 3. The van der Waals surface area contributed by atoms with Gasteiger partial charge in [-0.1, -0.05) is 66.2 Å². The fraction of sp³-hybridized carbons (Fsp3) is 0.269. The maximum absolute atomic E-state index is 14.0. The Hall–Kier alpha value is -3.32. The Morgan fingerprint density at radius 2 is 1.76 bits per heavy atom. The van der Waals surface area contributed by atoms with E-state index in [-0.39, 0.29) is 24.0 Å². The van der Waals surface area contributed by atoms with Gasteiger partial charge in [0.05, 0.1) is 24.7 Å². The first-order chi connectivity index (χ1) is 15.9. The van der Waals surface area contributed by atoms with Crippen LogP contribution in [-0.2, 0) is 14.6 Å². The Balaban J connectivity index is 1.71. The van der Waals surface area contributed by atoms with E-state index in [4.69, 9.17) is 4.74 Å². The van der Waals surface area contributed by atoms with Gasteiger partial charge in [-0.2, -0.15) is 0 Å². The average Bonchev–Trinajstić information content (AvgIpc) is 2.83. The van der Waals surface area contributed by atoms with Gasteiger partial charge in [0.15, 0.2) is 9.84 Å². The first-order valence-electron chi connectivity index (χ1n) is 10.9. The van der Waals surface area contributed by atoms with Crippen LogP contribution in [0.25, 0.3) is 0 Å². The minimum atomic E-state index is -3.24. The van der Waals surface area contributed by atoms with Crippen molar-refractivity contribution in [3.8, 4) is 5.75 Å². The van der Waals surface area contributed by atoms with Crippen molar-refractivity contribution in [1.82, 2.24) is 4.90 Å². The number of ether oxygens (including phenoxy) is 1. The van der Waals surface area contributed by atoms with Crippen LogP contribution in [0, 0.1) is 6.92 Å². The van der Waals surface area contributed by atoms with Gasteiger partial charge < -0.3 is 15.0 Å². The van der Waals surface area contributed by atoms with Crippen molar-refractivity contribution in [3.63, 3.8) is 0 Å². The highest BCUT2D eigenvalue weighted by Crippen LogP contribution is 2.32. The first-order valence-corrected chi connectivity index (χ1v) is 12.7. The second kappa shape index (κ2) is 9.67. The Bertz CT molecular complexity index is 1210. The van der Waals surface area contributed by atoms with Gasteiger partial charge in [-0.05, 0) is 30.2 Å². The monoisotopic (exact) mass is 464 g/mol. The summed E-state index contributed by atoms with van der Waals surface area (Å²) < 4.78 is 30.3. The van der Waals surface area contributed by atoms with Gasteiger partial charge in [-0.25, -0.2) is 8.42 Å². The summed E-state index contributed by atoms with van der Waals surface area (Å²) in [7, 11) is -1.64. The number of carbonyl (C=O) groups is 1. The lowest BCUT2D eigenvalue weighted by Gasteiger charge is -2.38. The van der Waals surface area contributed by atoms with Crippen LogP contribution in [0.15, 0.2) is 78.9 Å². The highest BCUT2D eigenvalue weighted by atomic mass is 32.2. The molecule has 1 amide bonds. The third-order valence-corrected chi connectivity index (χ3v) is 7.57. The smallest absolute Gasteiger partial charge is 0.250 e. The zero-order chi connectivity index (χ0) is 23.4. The number of amides is 1. The van der Waals surface area contributed by atoms with Crippen molar-refractivity contribution in [2.24, 2.45) is 0 Å². The molecular weight excluding hydrogens is 436 g/mol. The molecule has 4 rings (SSSR count). The fourth-order valence-corrected chi connectivity index (χ4v) is 5.61. The number of rotatable bonds is 6. The summed E-state index contributed by atoms with van der Waals surface area (Å²) >= 11 is 0. The summed E-state index contributed by atoms with van der Waals surface area (Å²) in [6.45, 7) is 2.15. The molecule has 0 spiro atoms. The first kappa shape index (κ1) is 22.9. The molecule has 2 atom stereocenters. The molecule has 1 fully saturated rings. The largest absolute Gasteiger partial charge is 0.497 e. The molecule has 33 heavy (non-hydrogen) atoms. The molecule has 1 heterocycles. The summed E-state index contributed by atoms with van der Waals surface area (Å²) in [5, 5.41) is 3.36. The number of methoxy groups -OCH3 is 1. The molecule has 3 aromatic rings. The van der Waals surface area contributed by atoms with Crippen LogP contribution in [-0.4, -0.2) is 44.4 Å². The van der Waals surface area contributed by atoms with Crippen molar-refractivity contribution in [1.29, 1.82) is 0 Å². The summed E-state index contributed by atoms with van der Waals surface area (Å²) in [6, 6.07) is 23.4. The van der Waals surface area contributed by atoms with Crippen LogP contribution in [0.5, 0.6) is 5.75 Å². The highest BCUT2D eigenvalue weighted by Gasteiger charge is 2.38. The lowest BCUT2D eigenvalue weighted by atomic mass is 10.0. The highest BCUT2D eigenvalue weighted by molar-refractivity contribution is 7.91. The molecule has 172 valence electrons. The molecule has 1 aliphatic heterocycles. The number of sulfone groups is 1. The van der Waals surface area contributed by atoms with Crippen LogP contribution >= 0.6 is 0 Å². The molecule has 0 saturated carbocycles. The Morgan fingerprint density at radius 3 is 2.45 bits per heavy atom. The molecule has 0 bridgehead atoms. The van der Waals surface area contributed by atoms with Crippen LogP contribution in [0.4, 0.5) is 5.69 Å². The molecule has 1 saturated heterocycles. The summed E-state index contributed by atoms with van der Waals surface area (Å²) in [6.07, 6.45) is 0. The number of aryl methyl sites for hydroxylation is 1. The fourth-order valence-electron chi connectivity index (χ4n) is 4.11. The van der Waals surface area contributed by atoms with E-state index in [2.05, 4.69) is 5.32 Å². The average molecular weight is 465 g/mol. The van der Waals surface area contributed by atoms with E-state index in [0.29, 0.717) is 5.75 Å². The molecule has 1 aliphatic rings. The third kappa shape index (κ3) is 5.37. The Kier molecular flexibility index (Phi) is 6.70. The van der Waals surface area contributed by atoms with Crippen LogP contribution < -0.4 is 10.1 Å². The van der Waals surface area contributed by atoms with Gasteiger partial charge in [-0.15, -0.1) is 0 Å². The van der Waals surface area contributed by atoms with E-state index in [1.54, 1.807) is 12.0 Å². The maximum atomic E-state index is 14.0. The van der Waals surface area contributed by atoms with E-state index >= 15 is 0 Å². The molecule has 0 aromatic heterocycles. The van der Waals surface area contributed by atoms with Crippen LogP contribution in [0.1, 0.15) is 28.8 Å². The predicted octanol–water partition coefficient (Wildman–Crippen LogP) is 4.16. The van der Waals surface area contributed by atoms with Crippen molar-refractivity contribution >= 4 is 21.4 Å². The number of nitrogens with one attached hydrogen (secondary N) is 1. The van der Waals surface area contributed by atoms with Gasteiger partial charge >= 0.3 is 0 Å². The lowest BCUT2D eigenvalue weighted by Crippen LogP contribution is -2.48. The SMILES string of the molecule is COc1cccc(NC(C(=O)N2CCS(=O)(=O)CC2c2ccccc2)c2ccc(C)cc2)c1. The Labute approximate surface area is 195 Å². The zero-order valence-corrected chi connectivity index (χ0v) is 19.6. The van der Waals surface area contributed by atoms with E-state index in [1.165, 1.54) is 0 Å². The van der Waals surface area contributed by atoms with Gasteiger partial charge in [0.2, 0.25) is 5.91 Å². The molecule has 0 radical (unpaired) electrons. The van der Waals surface area contributed by atoms with Crippen molar-refractivity contribution in [2.45, 2.75) is 19.0 Å². The van der Waals surface area contributed by atoms with Crippen molar-refractivity contribution in [3.05, 3.63) is 95.6 Å². The quantitative estimate of drug-likeness (QED) is 0.593. The number of carbonyl (C=O) groups excluding carboxylic acids is 1. The van der Waals surface area contributed by atoms with Gasteiger partial charge in [0.1, 0.15) is 11.8 Å². The Morgan fingerprint density at radius 1 is 1.03 bits per heavy atom. The van der Waals surface area contributed by atoms with E-state index in [1.807, 2.05) is 85.8 Å². The zero-order valence-electron chi connectivity index (χ0n) is 18.8. The maximum Gasteiger partial charge on any atom is 0.250 e. The van der Waals surface area contributed by atoms with Gasteiger partial charge in [0, 0.05) is 18.3 Å².